The lowest BCUT2D eigenvalue weighted by Crippen LogP contribution is -2.11. The largest absolute Gasteiger partial charge is 0.428 e. The molecule has 186 valence electrons. The van der Waals surface area contributed by atoms with Crippen molar-refractivity contribution in [2.45, 2.75) is 78.5 Å². The van der Waals surface area contributed by atoms with Gasteiger partial charge in [0.15, 0.2) is 11.6 Å². The highest BCUT2D eigenvalue weighted by Crippen LogP contribution is 2.28. The molecule has 2 rings (SSSR count). The van der Waals surface area contributed by atoms with Gasteiger partial charge >= 0.3 is 0 Å². The first-order valence-electron chi connectivity index (χ1n) is 9.52. The summed E-state index contributed by atoms with van der Waals surface area (Å²) in [4.78, 5) is 23.9. The van der Waals surface area contributed by atoms with Gasteiger partial charge in [0.2, 0.25) is 0 Å². The van der Waals surface area contributed by atoms with E-state index in [4.69, 9.17) is 0 Å². The van der Waals surface area contributed by atoms with E-state index < -0.39 is 24.9 Å². The quantitative estimate of drug-likeness (QED) is 0.354. The van der Waals surface area contributed by atoms with Gasteiger partial charge in [-0.3, -0.25) is 9.59 Å². The van der Waals surface area contributed by atoms with Crippen LogP contribution in [0.5, 0.6) is 0 Å². The highest BCUT2D eigenvalue weighted by molar-refractivity contribution is 8.12. The number of ketones is 2. The van der Waals surface area contributed by atoms with Gasteiger partial charge in [-0.25, -0.2) is 16.8 Å². The summed E-state index contributed by atoms with van der Waals surface area (Å²) in [6.45, 7) is 5.36. The Hall–Kier alpha value is -2.36. The van der Waals surface area contributed by atoms with Crippen LogP contribution in [0.3, 0.4) is 0 Å². The van der Waals surface area contributed by atoms with Crippen LogP contribution in [0.25, 0.3) is 4.13 Å². The Morgan fingerprint density at radius 1 is 0.697 bits per heavy atom. The van der Waals surface area contributed by atoms with E-state index in [1.165, 1.54) is 30.3 Å². The molecule has 7 nitrogen and oxygen atoms in total. The highest BCUT2D eigenvalue weighted by atomic mass is 32.3. The van der Waals surface area contributed by atoms with E-state index in [9.17, 15) is 26.4 Å². The van der Waals surface area contributed by atoms with Crippen LogP contribution in [0.2, 0.25) is 0 Å². The van der Waals surface area contributed by atoms with Gasteiger partial charge in [-0.2, -0.15) is 0 Å². The average molecular weight is 499 g/mol. The van der Waals surface area contributed by atoms with Crippen LogP contribution in [-0.2, 0) is 20.0 Å². The molecule has 0 aliphatic rings. The molecule has 0 fully saturated rings. The third-order valence-electron chi connectivity index (χ3n) is 4.32. The Morgan fingerprint density at radius 2 is 1.09 bits per heavy atom. The Morgan fingerprint density at radius 3 is 1.48 bits per heavy atom. The normalized spacial score (nSPS) is 10.9. The highest BCUT2D eigenvalue weighted by Gasteiger charge is 2.18. The zero-order chi connectivity index (χ0) is 22.5. The SMILES string of the molecule is C.C.C.CCCC(=O)c1cc(C(=O)CCC)cc(S(=O)(=O)[N-]S(=O)(=O)c2ccc(C)cc2)c1. The maximum absolute atomic E-state index is 12.8. The minimum Gasteiger partial charge on any atom is -0.428 e. The summed E-state index contributed by atoms with van der Waals surface area (Å²) >= 11 is 0. The topological polar surface area (TPSA) is 117 Å². The Labute approximate surface area is 199 Å². The maximum Gasteiger partial charge on any atom is 0.162 e. The molecule has 0 saturated carbocycles. The molecule has 0 aromatic heterocycles. The fourth-order valence-corrected chi connectivity index (χ4v) is 5.49. The second-order valence-electron chi connectivity index (χ2n) is 6.93. The molecule has 9 heteroatoms. The smallest absolute Gasteiger partial charge is 0.162 e. The molecule has 33 heavy (non-hydrogen) atoms. The summed E-state index contributed by atoms with van der Waals surface area (Å²) < 4.78 is 53.7. The van der Waals surface area contributed by atoms with Crippen molar-refractivity contribution in [1.29, 1.82) is 0 Å². The van der Waals surface area contributed by atoms with Crippen molar-refractivity contribution >= 4 is 31.6 Å². The fourth-order valence-electron chi connectivity index (χ4n) is 2.74. The molecule has 0 spiro atoms. The molecule has 0 radical (unpaired) electrons. The van der Waals surface area contributed by atoms with Gasteiger partial charge in [0.25, 0.3) is 0 Å². The number of hydrogen-bond donors (Lipinski definition) is 0. The number of rotatable bonds is 10. The van der Waals surface area contributed by atoms with Crippen molar-refractivity contribution in [3.05, 3.63) is 63.3 Å². The molecular formula is C24H36NO6S2-. The summed E-state index contributed by atoms with van der Waals surface area (Å²) in [6, 6.07) is 9.08. The van der Waals surface area contributed by atoms with E-state index in [2.05, 4.69) is 4.13 Å². The number of carbonyl (C=O) groups is 2. The first kappa shape index (κ1) is 32.8. The van der Waals surface area contributed by atoms with Crippen LogP contribution >= 0.6 is 0 Å². The molecule has 0 N–H and O–H groups in total. The van der Waals surface area contributed by atoms with Gasteiger partial charge in [0, 0.05) is 28.9 Å². The number of benzene rings is 2. The van der Waals surface area contributed by atoms with Gasteiger partial charge < -0.3 is 4.13 Å². The summed E-state index contributed by atoms with van der Waals surface area (Å²) in [5, 5.41) is 0. The third-order valence-corrected chi connectivity index (χ3v) is 7.59. The maximum atomic E-state index is 12.8. The number of hydrogen-bond acceptors (Lipinski definition) is 6. The van der Waals surface area contributed by atoms with Crippen molar-refractivity contribution in [2.24, 2.45) is 0 Å². The average Bonchev–Trinajstić information content (AvgIpc) is 2.67. The summed E-state index contributed by atoms with van der Waals surface area (Å²) in [5.41, 5.74) is 0.888. The minimum atomic E-state index is -4.69. The van der Waals surface area contributed by atoms with E-state index in [0.29, 0.717) is 12.8 Å². The lowest BCUT2D eigenvalue weighted by Gasteiger charge is -2.22. The Kier molecular flexibility index (Phi) is 13.3. The predicted molar refractivity (Wildman–Crippen MR) is 134 cm³/mol. The molecule has 0 unspecified atom stereocenters. The molecule has 0 atom stereocenters. The van der Waals surface area contributed by atoms with Crippen molar-refractivity contribution in [2.75, 3.05) is 0 Å². The molecule has 2 aromatic rings. The van der Waals surface area contributed by atoms with Gasteiger partial charge in [0.1, 0.15) is 20.0 Å². The van der Waals surface area contributed by atoms with E-state index in [1.54, 1.807) is 20.8 Å². The van der Waals surface area contributed by atoms with Crippen LogP contribution in [0.1, 0.15) is 88.1 Å². The van der Waals surface area contributed by atoms with E-state index in [1.807, 2.05) is 0 Å². The molecule has 0 amide bonds. The van der Waals surface area contributed by atoms with Crippen molar-refractivity contribution in [1.82, 2.24) is 0 Å². The summed E-state index contributed by atoms with van der Waals surface area (Å²) in [5.74, 6) is -0.664. The molecule has 0 saturated heterocycles. The van der Waals surface area contributed by atoms with Gasteiger partial charge in [-0.05, 0) is 50.1 Å². The van der Waals surface area contributed by atoms with Crippen LogP contribution in [0, 0.1) is 6.92 Å². The van der Waals surface area contributed by atoms with Crippen LogP contribution in [-0.4, -0.2) is 28.4 Å². The molecule has 0 bridgehead atoms. The molecule has 0 aliphatic heterocycles. The molecular weight excluding hydrogens is 462 g/mol. The van der Waals surface area contributed by atoms with Gasteiger partial charge in [-0.1, -0.05) is 53.8 Å². The number of carbonyl (C=O) groups excluding carboxylic acids is 2. The van der Waals surface area contributed by atoms with Gasteiger partial charge in [0.05, 0.1) is 4.90 Å². The second kappa shape index (κ2) is 13.4. The van der Waals surface area contributed by atoms with Crippen molar-refractivity contribution < 1.29 is 26.4 Å². The number of aryl methyl sites for hydroxylation is 1. The molecule has 0 heterocycles. The van der Waals surface area contributed by atoms with E-state index in [0.717, 1.165) is 17.7 Å². The Bertz CT molecular complexity index is 1120. The zero-order valence-corrected chi connectivity index (χ0v) is 18.7. The third kappa shape index (κ3) is 8.49. The van der Waals surface area contributed by atoms with Crippen LogP contribution < -0.4 is 0 Å². The number of nitrogens with zero attached hydrogens (tertiary/aromatic N) is 1. The van der Waals surface area contributed by atoms with Crippen molar-refractivity contribution in [3.63, 3.8) is 0 Å². The standard InChI is InChI=1S/C21H24NO6S2.3CH4/c1-4-6-20(23)16-12-17(21(24)7-5-2)14-19(13-16)30(27,28)22-29(25,26)18-10-8-15(3)9-11-18;;;/h8-14H,4-7H2,1-3H3;3*1H4/q-1;;;. The van der Waals surface area contributed by atoms with Gasteiger partial charge in [-0.15, -0.1) is 0 Å². The number of sulfonamides is 2. The van der Waals surface area contributed by atoms with E-state index in [-0.39, 0.29) is 62.7 Å². The number of Topliss-reactive ketones (excluding diaryl/α,β-unsaturated/α-hetero) is 2. The first-order valence-corrected chi connectivity index (χ1v) is 12.4. The first-order chi connectivity index (χ1) is 14.0. The monoisotopic (exact) mass is 498 g/mol. The fraction of sp³-hybridized carbons (Fsp3) is 0.417. The molecule has 2 aromatic carbocycles. The predicted octanol–water partition coefficient (Wildman–Crippen LogP) is 6.32. The molecule has 0 aliphatic carbocycles. The zero-order valence-electron chi connectivity index (χ0n) is 17.1. The van der Waals surface area contributed by atoms with E-state index >= 15 is 0 Å². The van der Waals surface area contributed by atoms with Crippen molar-refractivity contribution in [3.8, 4) is 0 Å². The Balaban J connectivity index is 0. The van der Waals surface area contributed by atoms with Crippen LogP contribution in [0.15, 0.2) is 52.3 Å². The minimum absolute atomic E-state index is 0. The second-order valence-corrected chi connectivity index (χ2v) is 10.4. The lowest BCUT2D eigenvalue weighted by atomic mass is 10.0. The lowest BCUT2D eigenvalue weighted by molar-refractivity contribution is 0.0981. The summed E-state index contributed by atoms with van der Waals surface area (Å²) in [7, 11) is -9.19. The van der Waals surface area contributed by atoms with Crippen LogP contribution in [0.4, 0.5) is 0 Å². The summed E-state index contributed by atoms with van der Waals surface area (Å²) in [6.07, 6.45) is 1.42.